The van der Waals surface area contributed by atoms with Crippen LogP contribution in [0.5, 0.6) is 0 Å². The largest absolute Gasteiger partial charge is 0.481 e. The number of unbranched alkanes of at least 4 members (excludes halogenated alkanes) is 1. The quantitative estimate of drug-likeness (QED) is 0.387. The van der Waals surface area contributed by atoms with E-state index in [0.717, 1.165) is 5.56 Å². The first-order valence-electron chi connectivity index (χ1n) is 10.5. The molecule has 3 N–H and O–H groups in total. The van der Waals surface area contributed by atoms with Gasteiger partial charge < -0.3 is 15.3 Å². The third-order valence-corrected chi connectivity index (χ3v) is 6.10. The van der Waals surface area contributed by atoms with Crippen LogP contribution >= 0.6 is 0 Å². The van der Waals surface area contributed by atoms with Crippen molar-refractivity contribution in [3.8, 4) is 0 Å². The topological polar surface area (TPSA) is 94.8 Å². The summed E-state index contributed by atoms with van der Waals surface area (Å²) < 4.78 is 0. The van der Waals surface area contributed by atoms with Gasteiger partial charge in [0.05, 0.1) is 12.2 Å². The number of carboxylic acids is 1. The number of allylic oxidation sites excluding steroid dienone is 2. The molecule has 0 heterocycles. The van der Waals surface area contributed by atoms with Crippen LogP contribution in [-0.2, 0) is 16.0 Å². The van der Waals surface area contributed by atoms with Crippen LogP contribution in [0.25, 0.3) is 0 Å². The molecule has 0 radical (unpaired) electrons. The van der Waals surface area contributed by atoms with E-state index in [9.17, 15) is 19.8 Å². The molecule has 0 aromatic heterocycles. The third-order valence-electron chi connectivity index (χ3n) is 6.10. The Morgan fingerprint density at radius 2 is 1.90 bits per heavy atom. The van der Waals surface area contributed by atoms with Crippen molar-refractivity contribution in [3.05, 3.63) is 48.0 Å². The molecule has 160 valence electrons. The highest BCUT2D eigenvalue weighted by Crippen LogP contribution is 2.46. The second-order valence-electron chi connectivity index (χ2n) is 8.72. The summed E-state index contributed by atoms with van der Waals surface area (Å²) in [6, 6.07) is 9.81. The molecule has 2 rings (SSSR count). The number of carboxylic acid groups (broad SMARTS) is 1. The Morgan fingerprint density at radius 3 is 2.55 bits per heavy atom. The lowest BCUT2D eigenvalue weighted by atomic mass is 9.84. The molecular formula is C24H34O5. The van der Waals surface area contributed by atoms with E-state index in [1.54, 1.807) is 13.8 Å². The average Bonchev–Trinajstić information content (AvgIpc) is 2.83. The summed E-state index contributed by atoms with van der Waals surface area (Å²) >= 11 is 0. The van der Waals surface area contributed by atoms with Gasteiger partial charge >= 0.3 is 5.97 Å². The highest BCUT2D eigenvalue weighted by molar-refractivity contribution is 5.90. The molecule has 1 aromatic carbocycles. The Kier molecular flexibility index (Phi) is 8.60. The van der Waals surface area contributed by atoms with Crippen LogP contribution < -0.4 is 0 Å². The SMILES string of the molecule is CC1(C)C(=O)[C@H](C/C=C\CCCC(=O)O)[C@@H](CCC(O)Cc2ccccc2)[C@@H]1O. The number of Topliss-reactive ketones (excluding diaryl/α,β-unsaturated/α-hetero) is 1. The van der Waals surface area contributed by atoms with Crippen LogP contribution in [0.3, 0.4) is 0 Å². The minimum Gasteiger partial charge on any atom is -0.481 e. The lowest BCUT2D eigenvalue weighted by Crippen LogP contribution is -2.32. The van der Waals surface area contributed by atoms with Gasteiger partial charge in [0, 0.05) is 17.8 Å². The number of benzene rings is 1. The number of ketones is 1. The molecule has 4 atom stereocenters. The van der Waals surface area contributed by atoms with E-state index >= 15 is 0 Å². The Bertz CT molecular complexity index is 694. The van der Waals surface area contributed by atoms with Gasteiger partial charge in [-0.05, 0) is 50.0 Å². The Morgan fingerprint density at radius 1 is 1.21 bits per heavy atom. The summed E-state index contributed by atoms with van der Waals surface area (Å²) in [5.74, 6) is -1.17. The predicted molar refractivity (Wildman–Crippen MR) is 112 cm³/mol. The van der Waals surface area contributed by atoms with E-state index in [-0.39, 0.29) is 24.0 Å². The Balaban J connectivity index is 1.92. The summed E-state index contributed by atoms with van der Waals surface area (Å²) in [5.41, 5.74) is 0.292. The first-order valence-corrected chi connectivity index (χ1v) is 10.5. The summed E-state index contributed by atoms with van der Waals surface area (Å²) in [5, 5.41) is 29.9. The summed E-state index contributed by atoms with van der Waals surface area (Å²) in [6.45, 7) is 3.59. The number of aliphatic hydroxyl groups is 2. The number of aliphatic carboxylic acids is 1. The fourth-order valence-electron chi connectivity index (χ4n) is 4.32. The fraction of sp³-hybridized carbons (Fsp3) is 0.583. The van der Waals surface area contributed by atoms with Gasteiger partial charge in [0.25, 0.3) is 0 Å². The third kappa shape index (κ3) is 6.51. The minimum absolute atomic E-state index is 0.0720. The van der Waals surface area contributed by atoms with Gasteiger partial charge in [0.2, 0.25) is 0 Å². The molecule has 5 nitrogen and oxygen atoms in total. The van der Waals surface area contributed by atoms with Gasteiger partial charge in [-0.3, -0.25) is 9.59 Å². The van der Waals surface area contributed by atoms with Crippen molar-refractivity contribution in [1.82, 2.24) is 0 Å². The molecule has 1 saturated carbocycles. The normalized spacial score (nSPS) is 24.8. The zero-order valence-corrected chi connectivity index (χ0v) is 17.5. The number of aliphatic hydroxyl groups excluding tert-OH is 2. The maximum Gasteiger partial charge on any atom is 0.303 e. The molecule has 0 bridgehead atoms. The number of hydrogen-bond donors (Lipinski definition) is 3. The predicted octanol–water partition coefficient (Wildman–Crippen LogP) is 3.77. The lowest BCUT2D eigenvalue weighted by Gasteiger charge is -2.25. The zero-order valence-electron chi connectivity index (χ0n) is 17.5. The second-order valence-corrected chi connectivity index (χ2v) is 8.72. The van der Waals surface area contributed by atoms with Gasteiger partial charge in [-0.25, -0.2) is 0 Å². The lowest BCUT2D eigenvalue weighted by molar-refractivity contribution is -0.137. The van der Waals surface area contributed by atoms with Gasteiger partial charge in [-0.2, -0.15) is 0 Å². The summed E-state index contributed by atoms with van der Waals surface area (Å²) in [4.78, 5) is 23.4. The van der Waals surface area contributed by atoms with E-state index in [4.69, 9.17) is 5.11 Å². The van der Waals surface area contributed by atoms with Crippen LogP contribution in [0.4, 0.5) is 0 Å². The van der Waals surface area contributed by atoms with Crippen molar-refractivity contribution in [1.29, 1.82) is 0 Å². The maximum atomic E-state index is 12.9. The number of carbonyl (C=O) groups is 2. The van der Waals surface area contributed by atoms with Crippen molar-refractivity contribution >= 4 is 11.8 Å². The van der Waals surface area contributed by atoms with Crippen LogP contribution in [0.15, 0.2) is 42.5 Å². The zero-order chi connectivity index (χ0) is 21.4. The molecule has 1 aliphatic carbocycles. The van der Waals surface area contributed by atoms with Crippen molar-refractivity contribution in [3.63, 3.8) is 0 Å². The van der Waals surface area contributed by atoms with E-state index in [1.165, 1.54) is 0 Å². The molecule has 1 aliphatic rings. The number of rotatable bonds is 11. The maximum absolute atomic E-state index is 12.9. The van der Waals surface area contributed by atoms with Crippen LogP contribution in [0.1, 0.15) is 57.9 Å². The van der Waals surface area contributed by atoms with E-state index in [2.05, 4.69) is 0 Å². The van der Waals surface area contributed by atoms with E-state index in [1.807, 2.05) is 42.5 Å². The van der Waals surface area contributed by atoms with Gasteiger partial charge in [0.1, 0.15) is 5.78 Å². The highest BCUT2D eigenvalue weighted by atomic mass is 16.4. The first kappa shape index (κ1) is 23.3. The molecule has 0 aliphatic heterocycles. The molecular weight excluding hydrogens is 368 g/mol. The number of carbonyl (C=O) groups excluding carboxylic acids is 1. The van der Waals surface area contributed by atoms with Gasteiger partial charge in [0.15, 0.2) is 0 Å². The monoisotopic (exact) mass is 402 g/mol. The minimum atomic E-state index is -0.802. The average molecular weight is 403 g/mol. The smallest absolute Gasteiger partial charge is 0.303 e. The van der Waals surface area contributed by atoms with Crippen LogP contribution in [0.2, 0.25) is 0 Å². The standard InChI is InChI=1S/C24H34O5/c1-24(2)22(28)19(12-8-3-4-9-13-21(26)27)20(23(24)29)15-14-18(25)16-17-10-6-5-7-11-17/h3,5-8,10-11,18-20,23,25,29H,4,9,12-16H2,1-2H3,(H,26,27)/b8-3-/t18?,19-,20-,23+/m1/s1. The molecule has 1 aromatic rings. The van der Waals surface area contributed by atoms with Crippen LogP contribution in [-0.4, -0.2) is 39.3 Å². The number of hydrogen-bond acceptors (Lipinski definition) is 4. The van der Waals surface area contributed by atoms with Crippen molar-refractivity contribution < 1.29 is 24.9 Å². The Labute approximate surface area is 173 Å². The molecule has 5 heteroatoms. The molecule has 1 fully saturated rings. The van der Waals surface area contributed by atoms with Crippen molar-refractivity contribution in [2.24, 2.45) is 17.3 Å². The van der Waals surface area contributed by atoms with Crippen molar-refractivity contribution in [2.75, 3.05) is 0 Å². The van der Waals surface area contributed by atoms with E-state index < -0.39 is 23.6 Å². The highest BCUT2D eigenvalue weighted by Gasteiger charge is 2.53. The second kappa shape index (κ2) is 10.7. The van der Waals surface area contributed by atoms with Crippen molar-refractivity contribution in [2.45, 2.75) is 71.0 Å². The van der Waals surface area contributed by atoms with E-state index in [0.29, 0.717) is 38.5 Å². The van der Waals surface area contributed by atoms with Crippen LogP contribution in [0, 0.1) is 17.3 Å². The fourth-order valence-corrected chi connectivity index (χ4v) is 4.32. The summed E-state index contributed by atoms with van der Waals surface area (Å²) in [7, 11) is 0. The molecule has 0 amide bonds. The van der Waals surface area contributed by atoms with Gasteiger partial charge in [-0.1, -0.05) is 56.3 Å². The molecule has 0 spiro atoms. The molecule has 29 heavy (non-hydrogen) atoms. The summed E-state index contributed by atoms with van der Waals surface area (Å²) in [6.07, 6.45) is 6.27. The first-order chi connectivity index (χ1) is 13.7. The molecule has 0 saturated heterocycles. The van der Waals surface area contributed by atoms with Gasteiger partial charge in [-0.15, -0.1) is 0 Å². The Hall–Kier alpha value is -1.98. The molecule has 1 unspecified atom stereocenters.